The Labute approximate surface area is 144 Å². The van der Waals surface area contributed by atoms with Gasteiger partial charge in [-0.25, -0.2) is 0 Å². The van der Waals surface area contributed by atoms with E-state index in [1.807, 2.05) is 0 Å². The van der Waals surface area contributed by atoms with E-state index in [9.17, 15) is 4.79 Å². The highest BCUT2D eigenvalue weighted by Gasteiger charge is 2.25. The number of hydrogen-bond acceptors (Lipinski definition) is 2. The van der Waals surface area contributed by atoms with Crippen LogP contribution in [-0.4, -0.2) is 10.9 Å². The number of nitrogens with two attached hydrogens (primary N) is 2. The average Bonchev–Trinajstić information content (AvgIpc) is 2.85. The number of allylic oxidation sites excluding steroid dienone is 6. The number of primary amides is 1. The maximum Gasteiger partial charge on any atom is 0.252 e. The van der Waals surface area contributed by atoms with E-state index >= 15 is 0 Å². The summed E-state index contributed by atoms with van der Waals surface area (Å²) in [7, 11) is 0. The Kier molecular flexibility index (Phi) is 4.79. The van der Waals surface area contributed by atoms with E-state index in [1.165, 1.54) is 5.57 Å². The van der Waals surface area contributed by atoms with Crippen molar-refractivity contribution in [3.8, 4) is 0 Å². The van der Waals surface area contributed by atoms with Crippen molar-refractivity contribution < 1.29 is 4.79 Å². The monoisotopic (exact) mass is 327 g/mol. The molecule has 4 heteroatoms. The fraction of sp³-hybridized carbons (Fsp3) is 0.450. The number of rotatable bonds is 2. The van der Waals surface area contributed by atoms with Crippen LogP contribution in [0.4, 0.5) is 5.82 Å². The Morgan fingerprint density at radius 3 is 2.46 bits per heavy atom. The highest BCUT2D eigenvalue weighted by molar-refractivity contribution is 5.98. The first kappa shape index (κ1) is 18.1. The third-order valence-corrected chi connectivity index (χ3v) is 5.08. The summed E-state index contributed by atoms with van der Waals surface area (Å²) in [5.41, 5.74) is 14.9. The Morgan fingerprint density at radius 1 is 1.21 bits per heavy atom. The van der Waals surface area contributed by atoms with Crippen LogP contribution in [0.1, 0.15) is 63.5 Å². The van der Waals surface area contributed by atoms with E-state index in [0.29, 0.717) is 11.4 Å². The third-order valence-electron chi connectivity index (χ3n) is 5.08. The normalized spacial score (nSPS) is 25.9. The molecule has 5 N–H and O–H groups in total. The van der Waals surface area contributed by atoms with E-state index in [4.69, 9.17) is 11.5 Å². The lowest BCUT2D eigenvalue weighted by atomic mass is 9.74. The predicted octanol–water partition coefficient (Wildman–Crippen LogP) is 4.43. The third kappa shape index (κ3) is 3.99. The molecule has 0 aliphatic heterocycles. The Morgan fingerprint density at radius 2 is 1.88 bits per heavy atom. The second-order valence-corrected chi connectivity index (χ2v) is 8.06. The van der Waals surface area contributed by atoms with Crippen LogP contribution in [0.2, 0.25) is 0 Å². The van der Waals surface area contributed by atoms with Gasteiger partial charge in [-0.3, -0.25) is 4.79 Å². The van der Waals surface area contributed by atoms with E-state index in [0.717, 1.165) is 24.1 Å². The number of carbonyl (C=O) groups excluding carboxylic acids is 1. The molecule has 0 bridgehead atoms. The lowest BCUT2D eigenvalue weighted by Gasteiger charge is -2.31. The molecule has 1 aromatic heterocycles. The molecule has 0 atom stereocenters. The van der Waals surface area contributed by atoms with E-state index in [2.05, 4.69) is 63.9 Å². The zero-order valence-electron chi connectivity index (χ0n) is 15.4. The van der Waals surface area contributed by atoms with Gasteiger partial charge in [0.05, 0.1) is 5.56 Å². The van der Waals surface area contributed by atoms with Gasteiger partial charge in [0.2, 0.25) is 0 Å². The number of nitrogens with one attached hydrogen (secondary N) is 1. The summed E-state index contributed by atoms with van der Waals surface area (Å²) >= 11 is 0. The first-order valence-corrected chi connectivity index (χ1v) is 8.39. The van der Waals surface area contributed by atoms with Crippen LogP contribution in [0.3, 0.4) is 0 Å². The standard InChI is InChI=1S/C20H29N3O/c1-13-11-14(16-12-15(18(22)24)17(21)23-16)7-6-8-19(2,3)9-10-20(13,4)5/h6-8,11-12,23H,9-10,21H2,1-5H3,(H2,22,24)/b8-6+,13-11+,14-7+. The predicted molar refractivity (Wildman–Crippen MR) is 101 cm³/mol. The molecule has 1 aliphatic rings. The van der Waals surface area contributed by atoms with Gasteiger partial charge in [0.25, 0.3) is 5.91 Å². The second-order valence-electron chi connectivity index (χ2n) is 8.06. The molecule has 0 spiro atoms. The zero-order chi connectivity index (χ0) is 18.1. The number of hydrogen-bond donors (Lipinski definition) is 3. The Hall–Kier alpha value is -2.23. The van der Waals surface area contributed by atoms with E-state index < -0.39 is 5.91 Å². The fourth-order valence-corrected chi connectivity index (χ4v) is 2.80. The number of aromatic amines is 1. The van der Waals surface area contributed by atoms with Crippen molar-refractivity contribution in [1.82, 2.24) is 4.98 Å². The zero-order valence-corrected chi connectivity index (χ0v) is 15.4. The molecule has 1 aliphatic carbocycles. The van der Waals surface area contributed by atoms with Crippen molar-refractivity contribution in [1.29, 1.82) is 0 Å². The Bertz CT molecular complexity index is 730. The van der Waals surface area contributed by atoms with Gasteiger partial charge in [0.15, 0.2) is 0 Å². The van der Waals surface area contributed by atoms with Crippen molar-refractivity contribution in [2.24, 2.45) is 16.6 Å². The average molecular weight is 327 g/mol. The summed E-state index contributed by atoms with van der Waals surface area (Å²) < 4.78 is 0. The first-order chi connectivity index (χ1) is 11.0. The topological polar surface area (TPSA) is 84.9 Å². The second kappa shape index (κ2) is 6.34. The largest absolute Gasteiger partial charge is 0.385 e. The Balaban J connectivity index is 2.55. The molecule has 1 heterocycles. The number of aromatic nitrogens is 1. The number of amides is 1. The minimum Gasteiger partial charge on any atom is -0.385 e. The van der Waals surface area contributed by atoms with Gasteiger partial charge in [-0.15, -0.1) is 0 Å². The van der Waals surface area contributed by atoms with Crippen LogP contribution in [0.15, 0.2) is 35.9 Å². The molecular weight excluding hydrogens is 298 g/mol. The molecule has 2 rings (SSSR count). The molecule has 24 heavy (non-hydrogen) atoms. The molecule has 1 aromatic rings. The van der Waals surface area contributed by atoms with Crippen LogP contribution in [0, 0.1) is 10.8 Å². The maximum atomic E-state index is 11.5. The van der Waals surface area contributed by atoms with Crippen LogP contribution in [0.5, 0.6) is 0 Å². The van der Waals surface area contributed by atoms with Gasteiger partial charge in [0.1, 0.15) is 5.82 Å². The number of H-pyrrole nitrogens is 1. The van der Waals surface area contributed by atoms with Gasteiger partial charge in [-0.05, 0) is 42.2 Å². The van der Waals surface area contributed by atoms with Crippen molar-refractivity contribution in [2.75, 3.05) is 5.73 Å². The van der Waals surface area contributed by atoms with Crippen LogP contribution in [0.25, 0.3) is 5.57 Å². The summed E-state index contributed by atoms with van der Waals surface area (Å²) in [6.07, 6.45) is 10.8. The van der Waals surface area contributed by atoms with Gasteiger partial charge in [0, 0.05) is 5.69 Å². The summed E-state index contributed by atoms with van der Waals surface area (Å²) in [5.74, 6) is -0.210. The van der Waals surface area contributed by atoms with E-state index in [-0.39, 0.29) is 10.8 Å². The smallest absolute Gasteiger partial charge is 0.252 e. The summed E-state index contributed by atoms with van der Waals surface area (Å²) in [4.78, 5) is 14.5. The van der Waals surface area contributed by atoms with Gasteiger partial charge in [-0.1, -0.05) is 57.6 Å². The highest BCUT2D eigenvalue weighted by atomic mass is 16.1. The van der Waals surface area contributed by atoms with Crippen molar-refractivity contribution in [3.05, 3.63) is 47.2 Å². The lowest BCUT2D eigenvalue weighted by molar-refractivity contribution is 0.100. The van der Waals surface area contributed by atoms with Crippen molar-refractivity contribution in [3.63, 3.8) is 0 Å². The molecular formula is C20H29N3O. The number of carbonyl (C=O) groups is 1. The molecule has 0 saturated heterocycles. The molecule has 0 unspecified atom stereocenters. The SMILES string of the molecule is C\C1=C/C(c2cc(C(N)=O)c(N)[nH]2)=C\C=C\C(C)(C)CCC1(C)C. The minimum absolute atomic E-state index is 0.103. The maximum absolute atomic E-state index is 11.5. The molecule has 130 valence electrons. The van der Waals surface area contributed by atoms with Crippen molar-refractivity contribution in [2.45, 2.75) is 47.5 Å². The van der Waals surface area contributed by atoms with Gasteiger partial charge < -0.3 is 16.5 Å². The van der Waals surface area contributed by atoms with Crippen LogP contribution in [-0.2, 0) is 0 Å². The molecule has 0 radical (unpaired) electrons. The van der Waals surface area contributed by atoms with Gasteiger partial charge >= 0.3 is 0 Å². The minimum atomic E-state index is -0.520. The molecule has 0 fully saturated rings. The lowest BCUT2D eigenvalue weighted by Crippen LogP contribution is -2.18. The number of nitrogen functional groups attached to an aromatic ring is 1. The summed E-state index contributed by atoms with van der Waals surface area (Å²) in [5, 5.41) is 0. The molecule has 1 amide bonds. The molecule has 0 saturated carbocycles. The quantitative estimate of drug-likeness (QED) is 0.750. The summed E-state index contributed by atoms with van der Waals surface area (Å²) in [6, 6.07) is 1.73. The summed E-state index contributed by atoms with van der Waals surface area (Å²) in [6.45, 7) is 11.2. The van der Waals surface area contributed by atoms with Gasteiger partial charge in [-0.2, -0.15) is 0 Å². The fourth-order valence-electron chi connectivity index (χ4n) is 2.80. The van der Waals surface area contributed by atoms with Crippen LogP contribution >= 0.6 is 0 Å². The highest BCUT2D eigenvalue weighted by Crippen LogP contribution is 2.38. The van der Waals surface area contributed by atoms with Crippen LogP contribution < -0.4 is 11.5 Å². The first-order valence-electron chi connectivity index (χ1n) is 8.39. The molecule has 0 aromatic carbocycles. The van der Waals surface area contributed by atoms with E-state index in [1.54, 1.807) is 6.07 Å². The van der Waals surface area contributed by atoms with Crippen molar-refractivity contribution >= 4 is 17.3 Å². The number of anilines is 1. The molecule has 4 nitrogen and oxygen atoms in total.